The Morgan fingerprint density at radius 3 is 2.74 bits per heavy atom. The van der Waals surface area contributed by atoms with Crippen LogP contribution in [0.25, 0.3) is 0 Å². The maximum absolute atomic E-state index is 11.6. The normalized spacial score (nSPS) is 10.6. The number of aryl methyl sites for hydroxylation is 1. The van der Waals surface area contributed by atoms with Crippen LogP contribution in [-0.2, 0) is 4.84 Å². The van der Waals surface area contributed by atoms with Gasteiger partial charge in [-0.25, -0.2) is 9.78 Å². The Hall–Kier alpha value is -2.20. The van der Waals surface area contributed by atoms with Crippen LogP contribution in [0.4, 0.5) is 0 Å². The second-order valence-corrected chi connectivity index (χ2v) is 4.22. The molecule has 0 fully saturated rings. The zero-order chi connectivity index (χ0) is 13.7. The molecule has 0 amide bonds. The predicted octanol–water partition coefficient (Wildman–Crippen LogP) is 3.23. The predicted molar refractivity (Wildman–Crippen MR) is 73.4 cm³/mol. The lowest BCUT2D eigenvalue weighted by molar-refractivity contribution is 0.0519. The van der Waals surface area contributed by atoms with Crippen molar-refractivity contribution in [1.82, 2.24) is 4.98 Å². The summed E-state index contributed by atoms with van der Waals surface area (Å²) < 4.78 is 0. The molecule has 2 aromatic rings. The summed E-state index contributed by atoms with van der Waals surface area (Å²) in [5, 5.41) is 3.72. The second kappa shape index (κ2) is 6.11. The highest BCUT2D eigenvalue weighted by molar-refractivity contribution is 6.32. The molecule has 19 heavy (non-hydrogen) atoms. The zero-order valence-electron chi connectivity index (χ0n) is 10.2. The summed E-state index contributed by atoms with van der Waals surface area (Å²) in [6, 6.07) is 10.8. The molecule has 5 heteroatoms. The fourth-order valence-electron chi connectivity index (χ4n) is 1.38. The number of hydrogen-bond acceptors (Lipinski definition) is 4. The number of aromatic nitrogens is 1. The quantitative estimate of drug-likeness (QED) is 0.374. The summed E-state index contributed by atoms with van der Waals surface area (Å²) in [6.45, 7) is 1.99. The first-order valence-corrected chi connectivity index (χ1v) is 5.96. The summed E-state index contributed by atoms with van der Waals surface area (Å²) in [5.74, 6) is -0.638. The summed E-state index contributed by atoms with van der Waals surface area (Å²) in [5.41, 5.74) is 2.18. The molecule has 0 saturated heterocycles. The average Bonchev–Trinajstić information content (AvgIpc) is 2.41. The van der Waals surface area contributed by atoms with E-state index in [-0.39, 0.29) is 10.7 Å². The van der Waals surface area contributed by atoms with Gasteiger partial charge in [-0.15, -0.1) is 0 Å². The first-order valence-electron chi connectivity index (χ1n) is 5.59. The van der Waals surface area contributed by atoms with Crippen molar-refractivity contribution in [3.05, 3.63) is 64.4 Å². The lowest BCUT2D eigenvalue weighted by Crippen LogP contribution is -2.02. The van der Waals surface area contributed by atoms with Crippen molar-refractivity contribution in [3.8, 4) is 0 Å². The standard InChI is InChI=1S/C14H11ClN2O2/c1-10-4-6-11(7-5-10)9-17-19-14(18)12-3-2-8-16-13(12)15/h2-9H,1H3. The molecule has 0 saturated carbocycles. The first-order chi connectivity index (χ1) is 9.16. The van der Waals surface area contributed by atoms with Gasteiger partial charge < -0.3 is 4.84 Å². The van der Waals surface area contributed by atoms with E-state index in [0.717, 1.165) is 11.1 Å². The van der Waals surface area contributed by atoms with Gasteiger partial charge in [0, 0.05) is 6.20 Å². The van der Waals surface area contributed by atoms with Gasteiger partial charge in [0.25, 0.3) is 0 Å². The molecule has 1 aromatic carbocycles. The minimum Gasteiger partial charge on any atom is -0.313 e. The van der Waals surface area contributed by atoms with E-state index in [1.807, 2.05) is 31.2 Å². The number of benzene rings is 1. The molecule has 0 spiro atoms. The van der Waals surface area contributed by atoms with E-state index < -0.39 is 5.97 Å². The molecule has 0 unspecified atom stereocenters. The molecule has 0 radical (unpaired) electrons. The molecule has 1 aromatic heterocycles. The zero-order valence-corrected chi connectivity index (χ0v) is 11.0. The van der Waals surface area contributed by atoms with Crippen LogP contribution < -0.4 is 0 Å². The maximum Gasteiger partial charge on any atom is 0.368 e. The molecule has 0 bridgehead atoms. The van der Waals surface area contributed by atoms with Gasteiger partial charge in [0.1, 0.15) is 5.15 Å². The minimum atomic E-state index is -0.638. The van der Waals surface area contributed by atoms with E-state index in [1.165, 1.54) is 18.5 Å². The molecular weight excluding hydrogens is 264 g/mol. The van der Waals surface area contributed by atoms with E-state index in [2.05, 4.69) is 10.1 Å². The third-order valence-electron chi connectivity index (χ3n) is 2.39. The lowest BCUT2D eigenvalue weighted by Gasteiger charge is -1.99. The molecule has 1 heterocycles. The molecule has 0 aliphatic heterocycles. The summed E-state index contributed by atoms with van der Waals surface area (Å²) in [4.78, 5) is 20.2. The molecule has 0 aliphatic carbocycles. The number of halogens is 1. The van der Waals surface area contributed by atoms with Gasteiger partial charge >= 0.3 is 5.97 Å². The molecule has 2 rings (SSSR count). The van der Waals surface area contributed by atoms with Crippen LogP contribution in [0.5, 0.6) is 0 Å². The lowest BCUT2D eigenvalue weighted by atomic mass is 10.2. The highest BCUT2D eigenvalue weighted by Crippen LogP contribution is 2.12. The summed E-state index contributed by atoms with van der Waals surface area (Å²) >= 11 is 5.77. The number of oxime groups is 1. The third kappa shape index (κ3) is 3.63. The highest BCUT2D eigenvalue weighted by atomic mass is 35.5. The number of carbonyl (C=O) groups excluding carboxylic acids is 1. The highest BCUT2D eigenvalue weighted by Gasteiger charge is 2.11. The Kier molecular flexibility index (Phi) is 4.26. The maximum atomic E-state index is 11.6. The Morgan fingerprint density at radius 1 is 1.32 bits per heavy atom. The van der Waals surface area contributed by atoms with Crippen molar-refractivity contribution in [2.24, 2.45) is 5.16 Å². The Balaban J connectivity index is 2.01. The molecule has 0 N–H and O–H groups in total. The summed E-state index contributed by atoms with van der Waals surface area (Å²) in [6.07, 6.45) is 2.95. The van der Waals surface area contributed by atoms with Crippen molar-refractivity contribution in [2.45, 2.75) is 6.92 Å². The van der Waals surface area contributed by atoms with Crippen molar-refractivity contribution in [2.75, 3.05) is 0 Å². The first kappa shape index (κ1) is 13.2. The smallest absolute Gasteiger partial charge is 0.313 e. The van der Waals surface area contributed by atoms with E-state index in [9.17, 15) is 4.79 Å². The number of rotatable bonds is 3. The van der Waals surface area contributed by atoms with E-state index in [0.29, 0.717) is 0 Å². The van der Waals surface area contributed by atoms with Gasteiger partial charge in [0.15, 0.2) is 0 Å². The van der Waals surface area contributed by atoms with Crippen molar-refractivity contribution < 1.29 is 9.63 Å². The van der Waals surface area contributed by atoms with Crippen molar-refractivity contribution >= 4 is 23.8 Å². The fraction of sp³-hybridized carbons (Fsp3) is 0.0714. The molecule has 0 atom stereocenters. The van der Waals surface area contributed by atoms with Crippen molar-refractivity contribution in [3.63, 3.8) is 0 Å². The monoisotopic (exact) mass is 274 g/mol. The van der Waals surface area contributed by atoms with Gasteiger partial charge in [-0.3, -0.25) is 0 Å². The third-order valence-corrected chi connectivity index (χ3v) is 2.69. The average molecular weight is 275 g/mol. The SMILES string of the molecule is Cc1ccc(C=NOC(=O)c2cccnc2Cl)cc1. The van der Waals surface area contributed by atoms with Gasteiger partial charge in [-0.1, -0.05) is 46.6 Å². The number of hydrogen-bond donors (Lipinski definition) is 0. The Morgan fingerprint density at radius 2 is 2.05 bits per heavy atom. The minimum absolute atomic E-state index is 0.0954. The number of carbonyl (C=O) groups is 1. The van der Waals surface area contributed by atoms with E-state index in [4.69, 9.17) is 16.4 Å². The molecule has 0 aliphatic rings. The van der Waals surface area contributed by atoms with Gasteiger partial charge in [-0.05, 0) is 24.6 Å². The summed E-state index contributed by atoms with van der Waals surface area (Å²) in [7, 11) is 0. The van der Waals surface area contributed by atoms with Crippen LogP contribution in [0.1, 0.15) is 21.5 Å². The molecule has 4 nitrogen and oxygen atoms in total. The van der Waals surface area contributed by atoms with Gasteiger partial charge in [0.05, 0.1) is 11.8 Å². The van der Waals surface area contributed by atoms with Crippen LogP contribution in [0.3, 0.4) is 0 Å². The second-order valence-electron chi connectivity index (χ2n) is 3.87. The van der Waals surface area contributed by atoms with Crippen molar-refractivity contribution in [1.29, 1.82) is 0 Å². The van der Waals surface area contributed by atoms with Crippen LogP contribution >= 0.6 is 11.6 Å². The van der Waals surface area contributed by atoms with Gasteiger partial charge in [0.2, 0.25) is 0 Å². The number of nitrogens with zero attached hydrogens (tertiary/aromatic N) is 2. The number of pyridine rings is 1. The van der Waals surface area contributed by atoms with Crippen LogP contribution in [0, 0.1) is 6.92 Å². The Bertz CT molecular complexity index is 609. The fourth-order valence-corrected chi connectivity index (χ4v) is 1.57. The molecular formula is C14H11ClN2O2. The van der Waals surface area contributed by atoms with E-state index in [1.54, 1.807) is 6.07 Å². The van der Waals surface area contributed by atoms with E-state index >= 15 is 0 Å². The largest absolute Gasteiger partial charge is 0.368 e. The molecule has 96 valence electrons. The topological polar surface area (TPSA) is 51.5 Å². The van der Waals surface area contributed by atoms with Crippen LogP contribution in [0.15, 0.2) is 47.8 Å². The van der Waals surface area contributed by atoms with Crippen LogP contribution in [0.2, 0.25) is 5.15 Å². The van der Waals surface area contributed by atoms with Crippen LogP contribution in [-0.4, -0.2) is 17.2 Å². The Labute approximate surface area is 115 Å². The van der Waals surface area contributed by atoms with Gasteiger partial charge in [-0.2, -0.15) is 0 Å².